The van der Waals surface area contributed by atoms with Crippen molar-refractivity contribution in [1.29, 1.82) is 0 Å². The number of hydrogen-bond donors (Lipinski definition) is 1. The van der Waals surface area contributed by atoms with Gasteiger partial charge in [0.2, 0.25) is 0 Å². The monoisotopic (exact) mass is 276 g/mol. The molecule has 2 rings (SSSR count). The molecular weight excluding hydrogens is 248 g/mol. The molecule has 1 saturated heterocycles. The van der Waals surface area contributed by atoms with Gasteiger partial charge < -0.3 is 10.5 Å². The van der Waals surface area contributed by atoms with E-state index >= 15 is 0 Å². The molecule has 1 heterocycles. The SMILES string of the molecule is CC(C)C(C(N)c1ccccc1)N1CCOC(C)(C)C1. The van der Waals surface area contributed by atoms with Crippen molar-refractivity contribution in [1.82, 2.24) is 4.90 Å². The summed E-state index contributed by atoms with van der Waals surface area (Å²) in [5.74, 6) is 0.513. The maximum absolute atomic E-state index is 6.58. The molecule has 3 nitrogen and oxygen atoms in total. The third-order valence-corrected chi connectivity index (χ3v) is 4.11. The van der Waals surface area contributed by atoms with Crippen LogP contribution >= 0.6 is 0 Å². The number of morpholine rings is 1. The molecule has 3 heteroatoms. The summed E-state index contributed by atoms with van der Waals surface area (Å²) in [7, 11) is 0. The van der Waals surface area contributed by atoms with Crippen LogP contribution in [0.25, 0.3) is 0 Å². The summed E-state index contributed by atoms with van der Waals surface area (Å²) in [4.78, 5) is 2.51. The molecule has 1 aliphatic heterocycles. The van der Waals surface area contributed by atoms with Crippen LogP contribution in [0.5, 0.6) is 0 Å². The minimum Gasteiger partial charge on any atom is -0.373 e. The lowest BCUT2D eigenvalue weighted by Gasteiger charge is -2.45. The van der Waals surface area contributed by atoms with E-state index in [1.807, 2.05) is 6.07 Å². The molecule has 0 saturated carbocycles. The van der Waals surface area contributed by atoms with E-state index in [1.165, 1.54) is 5.56 Å². The van der Waals surface area contributed by atoms with Crippen molar-refractivity contribution in [3.8, 4) is 0 Å². The highest BCUT2D eigenvalue weighted by atomic mass is 16.5. The quantitative estimate of drug-likeness (QED) is 0.919. The van der Waals surface area contributed by atoms with Gasteiger partial charge >= 0.3 is 0 Å². The fourth-order valence-electron chi connectivity index (χ4n) is 3.24. The first-order valence-corrected chi connectivity index (χ1v) is 7.59. The average molecular weight is 276 g/mol. The molecule has 2 atom stereocenters. The lowest BCUT2D eigenvalue weighted by atomic mass is 9.89. The predicted molar refractivity (Wildman–Crippen MR) is 83.6 cm³/mol. The highest BCUT2D eigenvalue weighted by Gasteiger charge is 2.35. The zero-order chi connectivity index (χ0) is 14.8. The summed E-state index contributed by atoms with van der Waals surface area (Å²) < 4.78 is 5.83. The van der Waals surface area contributed by atoms with Crippen molar-refractivity contribution in [2.45, 2.75) is 45.4 Å². The first-order valence-electron chi connectivity index (χ1n) is 7.59. The highest BCUT2D eigenvalue weighted by molar-refractivity contribution is 5.20. The second-order valence-electron chi connectivity index (χ2n) is 6.75. The van der Waals surface area contributed by atoms with Crippen LogP contribution < -0.4 is 5.73 Å². The number of nitrogens with two attached hydrogens (primary N) is 1. The average Bonchev–Trinajstić information content (AvgIpc) is 2.38. The molecule has 20 heavy (non-hydrogen) atoms. The Kier molecular flexibility index (Phi) is 4.84. The smallest absolute Gasteiger partial charge is 0.0753 e. The van der Waals surface area contributed by atoms with Crippen LogP contribution in [0.3, 0.4) is 0 Å². The van der Waals surface area contributed by atoms with Gasteiger partial charge in [-0.3, -0.25) is 4.90 Å². The van der Waals surface area contributed by atoms with E-state index in [1.54, 1.807) is 0 Å². The number of benzene rings is 1. The van der Waals surface area contributed by atoms with Gasteiger partial charge in [0.15, 0.2) is 0 Å². The maximum Gasteiger partial charge on any atom is 0.0753 e. The number of ether oxygens (including phenoxy) is 1. The van der Waals surface area contributed by atoms with E-state index in [2.05, 4.69) is 56.9 Å². The van der Waals surface area contributed by atoms with Gasteiger partial charge in [-0.05, 0) is 25.3 Å². The number of hydrogen-bond acceptors (Lipinski definition) is 3. The first-order chi connectivity index (χ1) is 9.41. The molecule has 0 aromatic heterocycles. The van der Waals surface area contributed by atoms with Gasteiger partial charge in [0, 0.05) is 25.2 Å². The molecule has 2 N–H and O–H groups in total. The molecule has 0 spiro atoms. The minimum atomic E-state index is -0.0815. The fraction of sp³-hybridized carbons (Fsp3) is 0.647. The Balaban J connectivity index is 2.19. The van der Waals surface area contributed by atoms with E-state index in [9.17, 15) is 0 Å². The Hall–Kier alpha value is -0.900. The van der Waals surface area contributed by atoms with Crippen molar-refractivity contribution < 1.29 is 4.74 Å². The van der Waals surface area contributed by atoms with Gasteiger partial charge in [-0.1, -0.05) is 44.2 Å². The Labute approximate surface area is 123 Å². The zero-order valence-corrected chi connectivity index (χ0v) is 13.2. The number of rotatable bonds is 4. The van der Waals surface area contributed by atoms with E-state index in [-0.39, 0.29) is 11.6 Å². The van der Waals surface area contributed by atoms with E-state index in [0.29, 0.717) is 12.0 Å². The summed E-state index contributed by atoms with van der Waals surface area (Å²) in [6.45, 7) is 11.5. The summed E-state index contributed by atoms with van der Waals surface area (Å²) in [5.41, 5.74) is 7.71. The van der Waals surface area contributed by atoms with Crippen molar-refractivity contribution in [2.75, 3.05) is 19.7 Å². The van der Waals surface area contributed by atoms with Gasteiger partial charge in [-0.2, -0.15) is 0 Å². The first kappa shape index (κ1) is 15.5. The standard InChI is InChI=1S/C17H28N2O/c1-13(2)16(15(18)14-8-6-5-7-9-14)19-10-11-20-17(3,4)12-19/h5-9,13,15-16H,10-12,18H2,1-4H3. The molecule has 0 aliphatic carbocycles. The maximum atomic E-state index is 6.58. The van der Waals surface area contributed by atoms with E-state index in [4.69, 9.17) is 10.5 Å². The highest BCUT2D eigenvalue weighted by Crippen LogP contribution is 2.28. The van der Waals surface area contributed by atoms with Crippen LogP contribution in [0.1, 0.15) is 39.3 Å². The Morgan fingerprint density at radius 3 is 2.40 bits per heavy atom. The van der Waals surface area contributed by atoms with Crippen molar-refractivity contribution in [2.24, 2.45) is 11.7 Å². The Morgan fingerprint density at radius 1 is 1.20 bits per heavy atom. The number of nitrogens with zero attached hydrogens (tertiary/aromatic N) is 1. The summed E-state index contributed by atoms with van der Waals surface area (Å²) >= 11 is 0. The summed E-state index contributed by atoms with van der Waals surface area (Å²) in [5, 5.41) is 0. The van der Waals surface area contributed by atoms with Gasteiger partial charge in [-0.25, -0.2) is 0 Å². The second kappa shape index (κ2) is 6.25. The molecule has 0 radical (unpaired) electrons. The van der Waals surface area contributed by atoms with Crippen LogP contribution in [0.4, 0.5) is 0 Å². The van der Waals surface area contributed by atoms with Crippen LogP contribution in [0.2, 0.25) is 0 Å². The normalized spacial score (nSPS) is 22.7. The van der Waals surface area contributed by atoms with Crippen molar-refractivity contribution >= 4 is 0 Å². The molecule has 1 aromatic rings. The van der Waals surface area contributed by atoms with Crippen LogP contribution in [0.15, 0.2) is 30.3 Å². The molecule has 1 aliphatic rings. The lowest BCUT2D eigenvalue weighted by Crippen LogP contribution is -2.56. The molecule has 2 unspecified atom stereocenters. The van der Waals surface area contributed by atoms with Crippen molar-refractivity contribution in [3.05, 3.63) is 35.9 Å². The van der Waals surface area contributed by atoms with Gasteiger partial charge in [0.05, 0.1) is 12.2 Å². The lowest BCUT2D eigenvalue weighted by molar-refractivity contribution is -0.104. The topological polar surface area (TPSA) is 38.5 Å². The third kappa shape index (κ3) is 3.60. The predicted octanol–water partition coefficient (Wildman–Crippen LogP) is 2.82. The zero-order valence-electron chi connectivity index (χ0n) is 13.2. The van der Waals surface area contributed by atoms with Crippen molar-refractivity contribution in [3.63, 3.8) is 0 Å². The van der Waals surface area contributed by atoms with Crippen LogP contribution in [0, 0.1) is 5.92 Å². The second-order valence-corrected chi connectivity index (χ2v) is 6.75. The fourth-order valence-corrected chi connectivity index (χ4v) is 3.24. The molecular formula is C17H28N2O. The Bertz CT molecular complexity index is 416. The molecule has 0 amide bonds. The summed E-state index contributed by atoms with van der Waals surface area (Å²) in [6.07, 6.45) is 0. The third-order valence-electron chi connectivity index (χ3n) is 4.11. The Morgan fingerprint density at radius 2 is 1.85 bits per heavy atom. The van der Waals surface area contributed by atoms with Crippen LogP contribution in [-0.4, -0.2) is 36.2 Å². The van der Waals surface area contributed by atoms with Gasteiger partial charge in [0.25, 0.3) is 0 Å². The van der Waals surface area contributed by atoms with E-state index < -0.39 is 0 Å². The van der Waals surface area contributed by atoms with Crippen LogP contribution in [-0.2, 0) is 4.74 Å². The molecule has 112 valence electrons. The molecule has 1 fully saturated rings. The molecule has 0 bridgehead atoms. The minimum absolute atomic E-state index is 0.0464. The largest absolute Gasteiger partial charge is 0.373 e. The van der Waals surface area contributed by atoms with E-state index in [0.717, 1.165) is 19.7 Å². The molecule has 1 aromatic carbocycles. The van der Waals surface area contributed by atoms with Gasteiger partial charge in [-0.15, -0.1) is 0 Å². The van der Waals surface area contributed by atoms with Gasteiger partial charge in [0.1, 0.15) is 0 Å². The summed E-state index contributed by atoms with van der Waals surface area (Å²) in [6, 6.07) is 10.8.